The van der Waals surface area contributed by atoms with Crippen molar-refractivity contribution in [3.8, 4) is 0 Å². The Morgan fingerprint density at radius 1 is 1.33 bits per heavy atom. The van der Waals surface area contributed by atoms with Crippen LogP contribution < -0.4 is 5.32 Å². The van der Waals surface area contributed by atoms with E-state index in [1.54, 1.807) is 0 Å². The highest BCUT2D eigenvalue weighted by Gasteiger charge is 2.52. The molecule has 0 radical (unpaired) electrons. The van der Waals surface area contributed by atoms with Gasteiger partial charge in [-0.1, -0.05) is 0 Å². The number of rotatable bonds is 2. The number of hydrogen-bond donors (Lipinski definition) is 2. The van der Waals surface area contributed by atoms with Crippen LogP contribution in [0.1, 0.15) is 32.1 Å². The molecule has 0 amide bonds. The fourth-order valence-electron chi connectivity index (χ4n) is 2.76. The van der Waals surface area contributed by atoms with E-state index in [0.717, 1.165) is 12.3 Å². The molecule has 2 unspecified atom stereocenters. The molecule has 0 aromatic carbocycles. The summed E-state index contributed by atoms with van der Waals surface area (Å²) in [6, 6.07) is 0. The van der Waals surface area contributed by atoms with Crippen LogP contribution in [-0.2, 0) is 0 Å². The standard InChI is InChI=1S/C10H19NO/c12-7-2-9-8-10(9)3-1-5-11-6-4-10/h9,11-12H,1-8H2. The summed E-state index contributed by atoms with van der Waals surface area (Å²) in [6.07, 6.45) is 6.50. The van der Waals surface area contributed by atoms with Gasteiger partial charge in [-0.25, -0.2) is 0 Å². The van der Waals surface area contributed by atoms with Gasteiger partial charge < -0.3 is 10.4 Å². The van der Waals surface area contributed by atoms with E-state index in [1.165, 1.54) is 38.8 Å². The highest BCUT2D eigenvalue weighted by atomic mass is 16.3. The van der Waals surface area contributed by atoms with Gasteiger partial charge in [-0.15, -0.1) is 0 Å². The smallest absolute Gasteiger partial charge is 0.0433 e. The van der Waals surface area contributed by atoms with Crippen molar-refractivity contribution in [1.29, 1.82) is 0 Å². The van der Waals surface area contributed by atoms with Crippen molar-refractivity contribution in [2.45, 2.75) is 32.1 Å². The molecule has 1 saturated heterocycles. The molecule has 2 atom stereocenters. The fraction of sp³-hybridized carbons (Fsp3) is 1.00. The van der Waals surface area contributed by atoms with Crippen molar-refractivity contribution in [3.05, 3.63) is 0 Å². The van der Waals surface area contributed by atoms with E-state index in [9.17, 15) is 0 Å². The zero-order valence-corrected chi connectivity index (χ0v) is 7.68. The van der Waals surface area contributed by atoms with Crippen molar-refractivity contribution in [1.82, 2.24) is 5.32 Å². The minimum absolute atomic E-state index is 0.389. The van der Waals surface area contributed by atoms with Crippen LogP contribution in [0.4, 0.5) is 0 Å². The Balaban J connectivity index is 1.86. The lowest BCUT2D eigenvalue weighted by Gasteiger charge is -2.12. The summed E-state index contributed by atoms with van der Waals surface area (Å²) in [7, 11) is 0. The average molecular weight is 169 g/mol. The van der Waals surface area contributed by atoms with E-state index >= 15 is 0 Å². The van der Waals surface area contributed by atoms with Crippen LogP contribution in [0.3, 0.4) is 0 Å². The summed E-state index contributed by atoms with van der Waals surface area (Å²) in [4.78, 5) is 0. The fourth-order valence-corrected chi connectivity index (χ4v) is 2.76. The second kappa shape index (κ2) is 3.35. The Hall–Kier alpha value is -0.0800. The summed E-state index contributed by atoms with van der Waals surface area (Å²) in [5, 5.41) is 12.3. The number of aliphatic hydroxyl groups excluding tert-OH is 1. The second-order valence-corrected chi connectivity index (χ2v) is 4.38. The van der Waals surface area contributed by atoms with Crippen molar-refractivity contribution in [2.75, 3.05) is 19.7 Å². The predicted molar refractivity (Wildman–Crippen MR) is 49.0 cm³/mol. The first kappa shape index (κ1) is 8.52. The molecular weight excluding hydrogens is 150 g/mol. The Morgan fingerprint density at radius 3 is 3.08 bits per heavy atom. The Bertz CT molecular complexity index is 150. The lowest BCUT2D eigenvalue weighted by atomic mass is 9.93. The van der Waals surface area contributed by atoms with E-state index < -0.39 is 0 Å². The highest BCUT2D eigenvalue weighted by molar-refractivity contribution is 5.02. The van der Waals surface area contributed by atoms with E-state index in [4.69, 9.17) is 5.11 Å². The highest BCUT2D eigenvalue weighted by Crippen LogP contribution is 2.60. The molecule has 1 spiro atoms. The molecule has 1 saturated carbocycles. The third-order valence-electron chi connectivity index (χ3n) is 3.66. The quantitative estimate of drug-likeness (QED) is 0.650. The van der Waals surface area contributed by atoms with Crippen LogP contribution >= 0.6 is 0 Å². The molecular formula is C10H19NO. The topological polar surface area (TPSA) is 32.3 Å². The minimum Gasteiger partial charge on any atom is -0.396 e. The summed E-state index contributed by atoms with van der Waals surface area (Å²) >= 11 is 0. The zero-order chi connectivity index (χ0) is 8.44. The number of nitrogens with one attached hydrogen (secondary N) is 1. The summed E-state index contributed by atoms with van der Waals surface area (Å²) in [6.45, 7) is 2.79. The maximum Gasteiger partial charge on any atom is 0.0433 e. The van der Waals surface area contributed by atoms with Crippen molar-refractivity contribution >= 4 is 0 Å². The molecule has 2 nitrogen and oxygen atoms in total. The van der Waals surface area contributed by atoms with Crippen molar-refractivity contribution < 1.29 is 5.11 Å². The molecule has 2 heteroatoms. The van der Waals surface area contributed by atoms with Gasteiger partial charge in [-0.05, 0) is 56.5 Å². The third-order valence-corrected chi connectivity index (χ3v) is 3.66. The molecule has 1 aliphatic carbocycles. The van der Waals surface area contributed by atoms with E-state index in [0.29, 0.717) is 12.0 Å². The van der Waals surface area contributed by atoms with Gasteiger partial charge in [0.2, 0.25) is 0 Å². The van der Waals surface area contributed by atoms with E-state index in [-0.39, 0.29) is 0 Å². The first-order valence-electron chi connectivity index (χ1n) is 5.19. The van der Waals surface area contributed by atoms with Crippen LogP contribution in [0.15, 0.2) is 0 Å². The Labute approximate surface area is 74.4 Å². The van der Waals surface area contributed by atoms with Crippen LogP contribution in [0.25, 0.3) is 0 Å². The van der Waals surface area contributed by atoms with E-state index in [2.05, 4.69) is 5.32 Å². The van der Waals surface area contributed by atoms with Gasteiger partial charge in [0.1, 0.15) is 0 Å². The van der Waals surface area contributed by atoms with Gasteiger partial charge in [0.15, 0.2) is 0 Å². The molecule has 2 aliphatic rings. The average Bonchev–Trinajstić information content (AvgIpc) is 2.79. The van der Waals surface area contributed by atoms with Gasteiger partial charge >= 0.3 is 0 Å². The Morgan fingerprint density at radius 2 is 2.25 bits per heavy atom. The van der Waals surface area contributed by atoms with Gasteiger partial charge in [0, 0.05) is 6.61 Å². The SMILES string of the molecule is OCCC1CC12CCCNCC2. The summed E-state index contributed by atoms with van der Waals surface area (Å²) in [5.74, 6) is 0.849. The monoisotopic (exact) mass is 169 g/mol. The van der Waals surface area contributed by atoms with Gasteiger partial charge in [-0.2, -0.15) is 0 Å². The first-order valence-corrected chi connectivity index (χ1v) is 5.19. The second-order valence-electron chi connectivity index (χ2n) is 4.38. The summed E-state index contributed by atoms with van der Waals surface area (Å²) in [5.41, 5.74) is 0.659. The van der Waals surface area contributed by atoms with Crippen molar-refractivity contribution in [3.63, 3.8) is 0 Å². The lowest BCUT2D eigenvalue weighted by molar-refractivity contribution is 0.263. The number of aliphatic hydroxyl groups is 1. The van der Waals surface area contributed by atoms with Gasteiger partial charge in [0.25, 0.3) is 0 Å². The zero-order valence-electron chi connectivity index (χ0n) is 7.68. The Kier molecular flexibility index (Phi) is 2.37. The molecule has 0 bridgehead atoms. The van der Waals surface area contributed by atoms with Gasteiger partial charge in [0.05, 0.1) is 0 Å². The molecule has 12 heavy (non-hydrogen) atoms. The molecule has 2 N–H and O–H groups in total. The van der Waals surface area contributed by atoms with Crippen molar-refractivity contribution in [2.24, 2.45) is 11.3 Å². The van der Waals surface area contributed by atoms with Crippen LogP contribution in [0.2, 0.25) is 0 Å². The van der Waals surface area contributed by atoms with Crippen LogP contribution in [0, 0.1) is 11.3 Å². The van der Waals surface area contributed by atoms with Gasteiger partial charge in [-0.3, -0.25) is 0 Å². The predicted octanol–water partition coefficient (Wildman–Crippen LogP) is 1.15. The molecule has 1 heterocycles. The maximum atomic E-state index is 8.85. The molecule has 70 valence electrons. The number of hydrogen-bond acceptors (Lipinski definition) is 2. The first-order chi connectivity index (χ1) is 5.87. The molecule has 1 aliphatic heterocycles. The van der Waals surface area contributed by atoms with Crippen LogP contribution in [-0.4, -0.2) is 24.8 Å². The van der Waals surface area contributed by atoms with Crippen LogP contribution in [0.5, 0.6) is 0 Å². The lowest BCUT2D eigenvalue weighted by Crippen LogP contribution is -2.14. The van der Waals surface area contributed by atoms with E-state index in [1.807, 2.05) is 0 Å². The molecule has 2 rings (SSSR count). The molecule has 2 fully saturated rings. The molecule has 0 aromatic rings. The molecule has 0 aromatic heterocycles. The largest absolute Gasteiger partial charge is 0.396 e. The maximum absolute atomic E-state index is 8.85. The third kappa shape index (κ3) is 1.50. The summed E-state index contributed by atoms with van der Waals surface area (Å²) < 4.78 is 0. The normalized spacial score (nSPS) is 41.2. The minimum atomic E-state index is 0.389.